The molecule has 1 amide bonds. The second kappa shape index (κ2) is 7.00. The molecular weight excluding hydrogens is 324 g/mol. The smallest absolute Gasteiger partial charge is 0.259 e. The molecule has 4 heteroatoms. The summed E-state index contributed by atoms with van der Waals surface area (Å²) >= 11 is 0. The highest BCUT2D eigenvalue weighted by Gasteiger charge is 2.30. The Morgan fingerprint density at radius 2 is 1.81 bits per heavy atom. The van der Waals surface area contributed by atoms with Gasteiger partial charge in [-0.1, -0.05) is 54.6 Å². The van der Waals surface area contributed by atoms with Crippen molar-refractivity contribution in [1.29, 1.82) is 0 Å². The number of amides is 1. The number of fused-ring (bicyclic) bond motifs is 1. The summed E-state index contributed by atoms with van der Waals surface area (Å²) in [6, 6.07) is 22.3. The zero-order valence-corrected chi connectivity index (χ0v) is 14.6. The van der Waals surface area contributed by atoms with Crippen LogP contribution in [0.4, 0.5) is 0 Å². The molecule has 0 N–H and O–H groups in total. The van der Waals surface area contributed by atoms with Crippen LogP contribution in [-0.4, -0.2) is 29.4 Å². The Bertz CT molecular complexity index is 924. The Hall–Kier alpha value is -3.14. The number of benzene rings is 2. The number of methoxy groups -OCH3 is 1. The van der Waals surface area contributed by atoms with Crippen molar-refractivity contribution in [3.05, 3.63) is 95.2 Å². The van der Waals surface area contributed by atoms with Crippen LogP contribution in [0.1, 0.15) is 33.0 Å². The van der Waals surface area contributed by atoms with Crippen LogP contribution in [0, 0.1) is 0 Å². The zero-order chi connectivity index (χ0) is 17.9. The van der Waals surface area contributed by atoms with E-state index in [4.69, 9.17) is 4.74 Å². The molecule has 2 aromatic carbocycles. The molecule has 0 saturated heterocycles. The molecule has 0 saturated carbocycles. The van der Waals surface area contributed by atoms with Gasteiger partial charge in [0.25, 0.3) is 5.91 Å². The monoisotopic (exact) mass is 344 g/mol. The van der Waals surface area contributed by atoms with E-state index in [0.717, 1.165) is 0 Å². The van der Waals surface area contributed by atoms with Gasteiger partial charge in [0.05, 0.1) is 7.11 Å². The summed E-state index contributed by atoms with van der Waals surface area (Å²) in [4.78, 5) is 19.2. The Morgan fingerprint density at radius 1 is 1.04 bits per heavy atom. The van der Waals surface area contributed by atoms with Crippen LogP contribution >= 0.6 is 0 Å². The summed E-state index contributed by atoms with van der Waals surface area (Å²) in [5, 5.41) is 0. The van der Waals surface area contributed by atoms with E-state index in [1.165, 1.54) is 23.8 Å². The molecule has 0 unspecified atom stereocenters. The minimum absolute atomic E-state index is 0.0506. The van der Waals surface area contributed by atoms with E-state index in [0.29, 0.717) is 24.5 Å². The Labute approximate surface area is 153 Å². The topological polar surface area (TPSA) is 42.4 Å². The van der Waals surface area contributed by atoms with Crippen LogP contribution in [0.2, 0.25) is 0 Å². The van der Waals surface area contributed by atoms with Gasteiger partial charge < -0.3 is 9.64 Å². The molecule has 1 aromatic heterocycles. The normalized spacial score (nSPS) is 16.0. The van der Waals surface area contributed by atoms with Crippen LogP contribution in [0.15, 0.2) is 72.9 Å². The maximum absolute atomic E-state index is 13.2. The largest absolute Gasteiger partial charge is 0.480 e. The van der Waals surface area contributed by atoms with Crippen molar-refractivity contribution in [2.45, 2.75) is 12.5 Å². The Balaban J connectivity index is 1.72. The summed E-state index contributed by atoms with van der Waals surface area (Å²) in [5.74, 6) is 0.478. The maximum Gasteiger partial charge on any atom is 0.259 e. The predicted octanol–water partition coefficient (Wildman–Crippen LogP) is 3.88. The number of carbonyl (C=O) groups is 1. The quantitative estimate of drug-likeness (QED) is 0.724. The number of hydrogen-bond acceptors (Lipinski definition) is 3. The molecule has 0 aliphatic carbocycles. The molecule has 130 valence electrons. The lowest BCUT2D eigenvalue weighted by atomic mass is 9.84. The van der Waals surface area contributed by atoms with E-state index < -0.39 is 0 Å². The molecule has 2 heterocycles. The molecule has 4 rings (SSSR count). The average molecular weight is 344 g/mol. The lowest BCUT2D eigenvalue weighted by Crippen LogP contribution is -2.38. The number of nitrogens with zero attached hydrogens (tertiary/aromatic N) is 2. The number of carbonyl (C=O) groups excluding carboxylic acids is 1. The number of rotatable bonds is 3. The van der Waals surface area contributed by atoms with Gasteiger partial charge in [0, 0.05) is 25.2 Å². The van der Waals surface area contributed by atoms with Crippen molar-refractivity contribution in [1.82, 2.24) is 9.88 Å². The first kappa shape index (κ1) is 16.3. The van der Waals surface area contributed by atoms with Crippen LogP contribution in [0.3, 0.4) is 0 Å². The van der Waals surface area contributed by atoms with Gasteiger partial charge >= 0.3 is 0 Å². The predicted molar refractivity (Wildman–Crippen MR) is 100 cm³/mol. The first-order valence-electron chi connectivity index (χ1n) is 8.69. The zero-order valence-electron chi connectivity index (χ0n) is 14.6. The van der Waals surface area contributed by atoms with E-state index in [1.54, 1.807) is 18.3 Å². The molecule has 26 heavy (non-hydrogen) atoms. The van der Waals surface area contributed by atoms with Crippen molar-refractivity contribution >= 4 is 5.91 Å². The van der Waals surface area contributed by atoms with E-state index in [2.05, 4.69) is 35.3 Å². The fourth-order valence-electron chi connectivity index (χ4n) is 3.62. The van der Waals surface area contributed by atoms with Crippen LogP contribution in [0.5, 0.6) is 5.88 Å². The second-order valence-electron chi connectivity index (χ2n) is 6.41. The van der Waals surface area contributed by atoms with Gasteiger partial charge in [-0.05, 0) is 28.8 Å². The molecule has 0 spiro atoms. The Morgan fingerprint density at radius 3 is 2.62 bits per heavy atom. The van der Waals surface area contributed by atoms with Crippen molar-refractivity contribution < 1.29 is 9.53 Å². The molecule has 4 nitrogen and oxygen atoms in total. The minimum Gasteiger partial charge on any atom is -0.480 e. The average Bonchev–Trinajstić information content (AvgIpc) is 2.73. The summed E-state index contributed by atoms with van der Waals surface area (Å²) < 4.78 is 5.28. The Kier molecular flexibility index (Phi) is 4.40. The van der Waals surface area contributed by atoms with Crippen LogP contribution < -0.4 is 4.74 Å². The lowest BCUT2D eigenvalue weighted by Gasteiger charge is -2.35. The van der Waals surface area contributed by atoms with Crippen molar-refractivity contribution in [3.63, 3.8) is 0 Å². The third-order valence-corrected chi connectivity index (χ3v) is 4.88. The van der Waals surface area contributed by atoms with E-state index in [9.17, 15) is 4.79 Å². The lowest BCUT2D eigenvalue weighted by molar-refractivity contribution is 0.0720. The molecule has 1 atom stereocenters. The highest BCUT2D eigenvalue weighted by atomic mass is 16.5. The highest BCUT2D eigenvalue weighted by Crippen LogP contribution is 2.34. The fourth-order valence-corrected chi connectivity index (χ4v) is 3.62. The maximum atomic E-state index is 13.2. The van der Waals surface area contributed by atoms with E-state index >= 15 is 0 Å². The van der Waals surface area contributed by atoms with Crippen molar-refractivity contribution in [3.8, 4) is 5.88 Å². The first-order valence-corrected chi connectivity index (χ1v) is 8.69. The van der Waals surface area contributed by atoms with Gasteiger partial charge in [0.15, 0.2) is 0 Å². The molecule has 3 aromatic rings. The van der Waals surface area contributed by atoms with Gasteiger partial charge in [-0.2, -0.15) is 0 Å². The minimum atomic E-state index is -0.0506. The van der Waals surface area contributed by atoms with E-state index in [-0.39, 0.29) is 11.8 Å². The molecule has 0 fully saturated rings. The SMILES string of the molecule is COc1ncccc1C(=O)N1Cc2ccccc2[C@@H](c2ccccc2)C1. The van der Waals surface area contributed by atoms with Gasteiger partial charge in [-0.15, -0.1) is 0 Å². The van der Waals surface area contributed by atoms with Crippen molar-refractivity contribution in [2.75, 3.05) is 13.7 Å². The van der Waals surface area contributed by atoms with Crippen LogP contribution in [-0.2, 0) is 6.54 Å². The summed E-state index contributed by atoms with van der Waals surface area (Å²) in [6.45, 7) is 1.23. The number of hydrogen-bond donors (Lipinski definition) is 0. The third kappa shape index (κ3) is 2.94. The van der Waals surface area contributed by atoms with Gasteiger partial charge in [0.1, 0.15) is 5.56 Å². The molecule has 1 aliphatic heterocycles. The fraction of sp³-hybridized carbons (Fsp3) is 0.182. The number of ether oxygens (including phenoxy) is 1. The summed E-state index contributed by atoms with van der Waals surface area (Å²) in [7, 11) is 1.54. The first-order chi connectivity index (χ1) is 12.8. The highest BCUT2D eigenvalue weighted by molar-refractivity contribution is 5.96. The molecule has 1 aliphatic rings. The van der Waals surface area contributed by atoms with Gasteiger partial charge in [0.2, 0.25) is 5.88 Å². The molecule has 0 bridgehead atoms. The number of aromatic nitrogens is 1. The van der Waals surface area contributed by atoms with Crippen LogP contribution in [0.25, 0.3) is 0 Å². The van der Waals surface area contributed by atoms with Gasteiger partial charge in [-0.25, -0.2) is 4.98 Å². The standard InChI is InChI=1S/C22H20N2O2/c1-26-21-19(12-7-13-23-21)22(25)24-14-17-10-5-6-11-18(17)20(15-24)16-8-3-2-4-9-16/h2-13,20H,14-15H2,1H3/t20-/m1/s1. The van der Waals surface area contributed by atoms with Gasteiger partial charge in [-0.3, -0.25) is 4.79 Å². The van der Waals surface area contributed by atoms with Crippen molar-refractivity contribution in [2.24, 2.45) is 0 Å². The second-order valence-corrected chi connectivity index (χ2v) is 6.41. The molecular formula is C22H20N2O2. The number of pyridine rings is 1. The third-order valence-electron chi connectivity index (χ3n) is 4.88. The summed E-state index contributed by atoms with van der Waals surface area (Å²) in [5.41, 5.74) is 4.20. The summed E-state index contributed by atoms with van der Waals surface area (Å²) in [6.07, 6.45) is 1.63. The van der Waals surface area contributed by atoms with E-state index in [1.807, 2.05) is 29.2 Å². The molecule has 0 radical (unpaired) electrons.